The summed E-state index contributed by atoms with van der Waals surface area (Å²) in [5.41, 5.74) is 3.45. The summed E-state index contributed by atoms with van der Waals surface area (Å²) in [6, 6.07) is 0. The van der Waals surface area contributed by atoms with Crippen molar-refractivity contribution in [2.45, 2.75) is 33.1 Å². The highest BCUT2D eigenvalue weighted by molar-refractivity contribution is 4.60. The van der Waals surface area contributed by atoms with Crippen molar-refractivity contribution >= 4 is 0 Å². The Bertz CT molecular complexity index is 95.7. The van der Waals surface area contributed by atoms with E-state index in [9.17, 15) is 0 Å². The number of hydrazine groups is 1. The Hall–Kier alpha value is -0.0800. The molecule has 2 heteroatoms. The molecule has 0 aromatic heterocycles. The van der Waals surface area contributed by atoms with Crippen molar-refractivity contribution in [2.24, 2.45) is 5.92 Å². The molecule has 0 aromatic carbocycles. The van der Waals surface area contributed by atoms with Gasteiger partial charge in [-0.25, -0.2) is 5.01 Å². The number of piperidine rings is 1. The lowest BCUT2D eigenvalue weighted by atomic mass is 10.2. The van der Waals surface area contributed by atoms with Gasteiger partial charge in [-0.05, 0) is 18.8 Å². The molecule has 1 saturated heterocycles. The monoisotopic (exact) mass is 156 g/mol. The van der Waals surface area contributed by atoms with Gasteiger partial charge in [0.15, 0.2) is 0 Å². The van der Waals surface area contributed by atoms with Gasteiger partial charge < -0.3 is 0 Å². The van der Waals surface area contributed by atoms with Crippen LogP contribution < -0.4 is 5.43 Å². The SMILES string of the molecule is CC(C)CNN1CCCCC1. The predicted octanol–water partition coefficient (Wildman–Crippen LogP) is 1.63. The zero-order chi connectivity index (χ0) is 8.10. The largest absolute Gasteiger partial charge is 0.255 e. The third-order valence-electron chi connectivity index (χ3n) is 2.08. The topological polar surface area (TPSA) is 15.3 Å². The summed E-state index contributed by atoms with van der Waals surface area (Å²) in [6.45, 7) is 8.10. The Kier molecular flexibility index (Phi) is 3.87. The summed E-state index contributed by atoms with van der Waals surface area (Å²) >= 11 is 0. The van der Waals surface area contributed by atoms with E-state index in [-0.39, 0.29) is 0 Å². The molecule has 1 aliphatic rings. The molecule has 0 spiro atoms. The third-order valence-corrected chi connectivity index (χ3v) is 2.08. The summed E-state index contributed by atoms with van der Waals surface area (Å²) in [7, 11) is 0. The minimum Gasteiger partial charge on any atom is -0.255 e. The van der Waals surface area contributed by atoms with Gasteiger partial charge in [0, 0.05) is 19.6 Å². The van der Waals surface area contributed by atoms with Crippen molar-refractivity contribution in [1.82, 2.24) is 10.4 Å². The van der Waals surface area contributed by atoms with Crippen LogP contribution in [-0.4, -0.2) is 24.6 Å². The van der Waals surface area contributed by atoms with Crippen molar-refractivity contribution in [3.8, 4) is 0 Å². The first-order valence-electron chi connectivity index (χ1n) is 4.77. The summed E-state index contributed by atoms with van der Waals surface area (Å²) in [6.07, 6.45) is 4.15. The van der Waals surface area contributed by atoms with Gasteiger partial charge in [0.2, 0.25) is 0 Å². The highest BCUT2D eigenvalue weighted by atomic mass is 15.5. The Labute approximate surface area is 69.9 Å². The van der Waals surface area contributed by atoms with E-state index in [4.69, 9.17) is 0 Å². The highest BCUT2D eigenvalue weighted by Crippen LogP contribution is 2.05. The molecule has 1 N–H and O–H groups in total. The molecule has 0 aromatic rings. The second-order valence-electron chi connectivity index (χ2n) is 3.80. The van der Waals surface area contributed by atoms with Crippen LogP contribution in [-0.2, 0) is 0 Å². The quantitative estimate of drug-likeness (QED) is 0.668. The van der Waals surface area contributed by atoms with Gasteiger partial charge in [-0.15, -0.1) is 0 Å². The van der Waals surface area contributed by atoms with Gasteiger partial charge in [-0.1, -0.05) is 20.3 Å². The molecule has 1 heterocycles. The number of hydrogen-bond donors (Lipinski definition) is 1. The Morgan fingerprint density at radius 2 is 1.82 bits per heavy atom. The molecule has 0 aliphatic carbocycles. The molecule has 66 valence electrons. The normalized spacial score (nSPS) is 21.0. The van der Waals surface area contributed by atoms with E-state index >= 15 is 0 Å². The van der Waals surface area contributed by atoms with Crippen LogP contribution in [0.3, 0.4) is 0 Å². The van der Waals surface area contributed by atoms with E-state index < -0.39 is 0 Å². The van der Waals surface area contributed by atoms with Crippen LogP contribution in [0.5, 0.6) is 0 Å². The second-order valence-corrected chi connectivity index (χ2v) is 3.80. The predicted molar refractivity (Wildman–Crippen MR) is 48.3 cm³/mol. The average molecular weight is 156 g/mol. The zero-order valence-electron chi connectivity index (χ0n) is 7.77. The van der Waals surface area contributed by atoms with Crippen LogP contribution in [0.25, 0.3) is 0 Å². The van der Waals surface area contributed by atoms with Crippen molar-refractivity contribution in [3.63, 3.8) is 0 Å². The first-order chi connectivity index (χ1) is 5.29. The van der Waals surface area contributed by atoms with E-state index in [0.29, 0.717) is 0 Å². The Balaban J connectivity index is 2.05. The molecule has 0 saturated carbocycles. The molecule has 2 nitrogen and oxygen atoms in total. The smallest absolute Gasteiger partial charge is 0.0131 e. The van der Waals surface area contributed by atoms with Crippen molar-refractivity contribution in [3.05, 3.63) is 0 Å². The molecule has 1 aliphatic heterocycles. The van der Waals surface area contributed by atoms with Crippen LogP contribution in [0, 0.1) is 5.92 Å². The molecular weight excluding hydrogens is 136 g/mol. The molecule has 0 amide bonds. The molecule has 1 rings (SSSR count). The molecule has 0 bridgehead atoms. The Morgan fingerprint density at radius 1 is 1.18 bits per heavy atom. The molecular formula is C9H20N2. The van der Waals surface area contributed by atoms with Crippen LogP contribution in [0.15, 0.2) is 0 Å². The van der Waals surface area contributed by atoms with E-state index in [2.05, 4.69) is 24.3 Å². The maximum Gasteiger partial charge on any atom is 0.0131 e. The van der Waals surface area contributed by atoms with Gasteiger partial charge in [0.05, 0.1) is 0 Å². The molecule has 0 atom stereocenters. The van der Waals surface area contributed by atoms with Gasteiger partial charge in [0.1, 0.15) is 0 Å². The van der Waals surface area contributed by atoms with Gasteiger partial charge in [0.25, 0.3) is 0 Å². The van der Waals surface area contributed by atoms with Crippen molar-refractivity contribution in [2.75, 3.05) is 19.6 Å². The van der Waals surface area contributed by atoms with E-state index in [0.717, 1.165) is 12.5 Å². The molecule has 11 heavy (non-hydrogen) atoms. The van der Waals surface area contributed by atoms with E-state index in [1.165, 1.54) is 32.4 Å². The minimum atomic E-state index is 0.761. The van der Waals surface area contributed by atoms with Gasteiger partial charge in [-0.2, -0.15) is 0 Å². The summed E-state index contributed by atoms with van der Waals surface area (Å²) < 4.78 is 0. The number of hydrogen-bond acceptors (Lipinski definition) is 2. The fourth-order valence-electron chi connectivity index (χ4n) is 1.36. The summed E-state index contributed by atoms with van der Waals surface area (Å²) in [5, 5.41) is 2.36. The van der Waals surface area contributed by atoms with Crippen LogP contribution >= 0.6 is 0 Å². The van der Waals surface area contributed by atoms with Crippen LogP contribution in [0.1, 0.15) is 33.1 Å². The molecule has 0 unspecified atom stereocenters. The molecule has 1 fully saturated rings. The van der Waals surface area contributed by atoms with Crippen molar-refractivity contribution in [1.29, 1.82) is 0 Å². The lowest BCUT2D eigenvalue weighted by Gasteiger charge is -2.27. The second kappa shape index (κ2) is 4.73. The number of rotatable bonds is 3. The van der Waals surface area contributed by atoms with Gasteiger partial charge >= 0.3 is 0 Å². The average Bonchev–Trinajstić information content (AvgIpc) is 2.03. The zero-order valence-corrected chi connectivity index (χ0v) is 7.77. The van der Waals surface area contributed by atoms with Gasteiger partial charge in [-0.3, -0.25) is 5.43 Å². The Morgan fingerprint density at radius 3 is 2.36 bits per heavy atom. The maximum atomic E-state index is 3.45. The van der Waals surface area contributed by atoms with E-state index in [1.54, 1.807) is 0 Å². The van der Waals surface area contributed by atoms with Crippen molar-refractivity contribution < 1.29 is 0 Å². The van der Waals surface area contributed by atoms with Crippen LogP contribution in [0.4, 0.5) is 0 Å². The highest BCUT2D eigenvalue weighted by Gasteiger charge is 2.08. The van der Waals surface area contributed by atoms with E-state index in [1.807, 2.05) is 0 Å². The molecule has 0 radical (unpaired) electrons. The fourth-order valence-corrected chi connectivity index (χ4v) is 1.36. The standard InChI is InChI=1S/C9H20N2/c1-9(2)8-10-11-6-4-3-5-7-11/h9-10H,3-8H2,1-2H3. The lowest BCUT2D eigenvalue weighted by Crippen LogP contribution is -2.43. The summed E-state index contributed by atoms with van der Waals surface area (Å²) in [5.74, 6) is 0.761. The number of nitrogens with one attached hydrogen (secondary N) is 1. The summed E-state index contributed by atoms with van der Waals surface area (Å²) in [4.78, 5) is 0. The first kappa shape index (κ1) is 9.01. The van der Waals surface area contributed by atoms with Crippen LogP contribution in [0.2, 0.25) is 0 Å². The third kappa shape index (κ3) is 3.73. The number of nitrogens with zero attached hydrogens (tertiary/aromatic N) is 1. The first-order valence-corrected chi connectivity index (χ1v) is 4.77. The maximum absolute atomic E-state index is 3.45. The lowest BCUT2D eigenvalue weighted by molar-refractivity contribution is 0.147. The minimum absolute atomic E-state index is 0.761. The fraction of sp³-hybridized carbons (Fsp3) is 1.00.